The predicted molar refractivity (Wildman–Crippen MR) is 38.7 cm³/mol. The van der Waals surface area contributed by atoms with E-state index in [0.29, 0.717) is 0 Å². The zero-order chi connectivity index (χ0) is 5.82. The Labute approximate surface area is 61.4 Å². The number of hydrogen-bond acceptors (Lipinski definition) is 2. The monoisotopic (exact) mass is 147 g/mol. The van der Waals surface area contributed by atoms with Crippen LogP contribution < -0.4 is 5.32 Å². The van der Waals surface area contributed by atoms with Gasteiger partial charge in [0.05, 0.1) is 6.61 Å². The summed E-state index contributed by atoms with van der Waals surface area (Å²) in [5, 5.41) is 3.12. The van der Waals surface area contributed by atoms with Crippen LogP contribution in [0.3, 0.4) is 0 Å². The van der Waals surface area contributed by atoms with Crippen LogP contribution in [0, 0.1) is 12.3 Å². The number of terminal acetylenes is 1. The summed E-state index contributed by atoms with van der Waals surface area (Å²) in [4.78, 5) is 0. The van der Waals surface area contributed by atoms with Crippen molar-refractivity contribution in [1.82, 2.24) is 5.32 Å². The van der Waals surface area contributed by atoms with Gasteiger partial charge in [-0.2, -0.15) is 0 Å². The second-order valence-corrected chi connectivity index (χ2v) is 1.73. The Balaban J connectivity index is 0.000000640. The lowest BCUT2D eigenvalue weighted by atomic mass is 10.3. The van der Waals surface area contributed by atoms with Gasteiger partial charge in [0, 0.05) is 13.1 Å². The van der Waals surface area contributed by atoms with Crippen LogP contribution in [-0.2, 0) is 4.74 Å². The number of hydrogen-bond donors (Lipinski definition) is 1. The molecule has 0 bridgehead atoms. The summed E-state index contributed by atoms with van der Waals surface area (Å²) >= 11 is 0. The molecule has 0 spiro atoms. The van der Waals surface area contributed by atoms with Gasteiger partial charge in [-0.05, 0) is 0 Å². The van der Waals surface area contributed by atoms with Crippen LogP contribution in [0.15, 0.2) is 0 Å². The molecule has 1 saturated heterocycles. The summed E-state index contributed by atoms with van der Waals surface area (Å²) in [5.41, 5.74) is 0. The normalized spacial score (nSPS) is 25.9. The van der Waals surface area contributed by atoms with Gasteiger partial charge < -0.3 is 10.1 Å². The smallest absolute Gasteiger partial charge is 0.130 e. The lowest BCUT2D eigenvalue weighted by Gasteiger charge is -2.18. The molecule has 0 unspecified atom stereocenters. The highest BCUT2D eigenvalue weighted by Crippen LogP contribution is 1.91. The Morgan fingerprint density at radius 3 is 2.78 bits per heavy atom. The van der Waals surface area contributed by atoms with Crippen LogP contribution in [0.1, 0.15) is 0 Å². The van der Waals surface area contributed by atoms with Crippen molar-refractivity contribution in [2.45, 2.75) is 6.10 Å². The number of morpholine rings is 1. The van der Waals surface area contributed by atoms with Crippen LogP contribution in [0.5, 0.6) is 0 Å². The molecule has 1 fully saturated rings. The zero-order valence-electron chi connectivity index (χ0n) is 5.09. The molecule has 0 radical (unpaired) electrons. The second kappa shape index (κ2) is 4.63. The van der Waals surface area contributed by atoms with Crippen molar-refractivity contribution in [3.8, 4) is 12.3 Å². The molecule has 0 aromatic rings. The van der Waals surface area contributed by atoms with Gasteiger partial charge in [-0.25, -0.2) is 0 Å². The molecular formula is C6H10ClNO. The van der Waals surface area contributed by atoms with Gasteiger partial charge in [-0.15, -0.1) is 18.8 Å². The van der Waals surface area contributed by atoms with Crippen molar-refractivity contribution in [3.63, 3.8) is 0 Å². The second-order valence-electron chi connectivity index (χ2n) is 1.73. The summed E-state index contributed by atoms with van der Waals surface area (Å²) in [6.07, 6.45) is 5.09. The van der Waals surface area contributed by atoms with E-state index in [1.807, 2.05) is 0 Å². The van der Waals surface area contributed by atoms with Gasteiger partial charge >= 0.3 is 0 Å². The van der Waals surface area contributed by atoms with Crippen LogP contribution in [0.4, 0.5) is 0 Å². The molecule has 0 saturated carbocycles. The van der Waals surface area contributed by atoms with Crippen molar-refractivity contribution >= 4 is 12.4 Å². The summed E-state index contributed by atoms with van der Waals surface area (Å²) in [5.74, 6) is 2.52. The number of nitrogens with one attached hydrogen (secondary N) is 1. The number of halogens is 1. The summed E-state index contributed by atoms with van der Waals surface area (Å²) in [6.45, 7) is 2.48. The molecule has 1 aliphatic heterocycles. The first-order valence-electron chi connectivity index (χ1n) is 2.72. The Morgan fingerprint density at radius 2 is 2.44 bits per heavy atom. The lowest BCUT2D eigenvalue weighted by molar-refractivity contribution is 0.0652. The minimum Gasteiger partial charge on any atom is -0.363 e. The third kappa shape index (κ3) is 2.71. The van der Waals surface area contributed by atoms with Crippen molar-refractivity contribution in [2.75, 3.05) is 19.7 Å². The minimum atomic E-state index is 0. The van der Waals surface area contributed by atoms with E-state index in [1.165, 1.54) is 0 Å². The molecule has 9 heavy (non-hydrogen) atoms. The van der Waals surface area contributed by atoms with Gasteiger partial charge in [0.2, 0.25) is 0 Å². The largest absolute Gasteiger partial charge is 0.363 e. The Bertz CT molecular complexity index is 104. The maximum Gasteiger partial charge on any atom is 0.130 e. The maximum atomic E-state index is 5.13. The highest BCUT2D eigenvalue weighted by molar-refractivity contribution is 5.85. The van der Waals surface area contributed by atoms with E-state index in [2.05, 4.69) is 11.2 Å². The lowest BCUT2D eigenvalue weighted by Crippen LogP contribution is -2.37. The van der Waals surface area contributed by atoms with E-state index >= 15 is 0 Å². The third-order valence-corrected chi connectivity index (χ3v) is 1.11. The first-order valence-corrected chi connectivity index (χ1v) is 2.72. The van der Waals surface area contributed by atoms with Crippen molar-refractivity contribution in [2.24, 2.45) is 0 Å². The average Bonchev–Trinajstić information content (AvgIpc) is 1.90. The van der Waals surface area contributed by atoms with Gasteiger partial charge in [0.15, 0.2) is 0 Å². The van der Waals surface area contributed by atoms with Crippen molar-refractivity contribution < 1.29 is 4.74 Å². The fourth-order valence-corrected chi connectivity index (χ4v) is 0.672. The summed E-state index contributed by atoms with van der Waals surface area (Å²) in [7, 11) is 0. The molecule has 1 rings (SSSR count). The van der Waals surface area contributed by atoms with Gasteiger partial charge in [0.25, 0.3) is 0 Å². The average molecular weight is 148 g/mol. The van der Waals surface area contributed by atoms with Crippen LogP contribution in [0.25, 0.3) is 0 Å². The van der Waals surface area contributed by atoms with E-state index in [1.54, 1.807) is 0 Å². The van der Waals surface area contributed by atoms with Gasteiger partial charge in [-0.1, -0.05) is 5.92 Å². The van der Waals surface area contributed by atoms with Crippen molar-refractivity contribution in [3.05, 3.63) is 0 Å². The zero-order valence-corrected chi connectivity index (χ0v) is 5.91. The maximum absolute atomic E-state index is 5.13. The Hall–Kier alpha value is -0.230. The molecule has 2 nitrogen and oxygen atoms in total. The van der Waals surface area contributed by atoms with Crippen LogP contribution in [-0.4, -0.2) is 25.8 Å². The van der Waals surface area contributed by atoms with Gasteiger partial charge in [-0.3, -0.25) is 0 Å². The van der Waals surface area contributed by atoms with Gasteiger partial charge in [0.1, 0.15) is 6.10 Å². The van der Waals surface area contributed by atoms with Crippen LogP contribution in [0.2, 0.25) is 0 Å². The molecule has 0 amide bonds. The third-order valence-electron chi connectivity index (χ3n) is 1.11. The fraction of sp³-hybridized carbons (Fsp3) is 0.667. The quantitative estimate of drug-likeness (QED) is 0.489. The summed E-state index contributed by atoms with van der Waals surface area (Å²) in [6, 6.07) is 0. The van der Waals surface area contributed by atoms with Crippen molar-refractivity contribution in [1.29, 1.82) is 0 Å². The SMILES string of the molecule is C#C[C@H]1CNCCO1.Cl. The molecule has 1 aliphatic rings. The molecular weight excluding hydrogens is 138 g/mol. The highest BCUT2D eigenvalue weighted by Gasteiger charge is 2.07. The number of rotatable bonds is 0. The minimum absolute atomic E-state index is 0. The standard InChI is InChI=1S/C6H9NO.ClH/c1-2-6-5-7-3-4-8-6;/h1,6-7H,3-5H2;1H/t6-;/m0./s1. The topological polar surface area (TPSA) is 21.3 Å². The molecule has 0 aromatic heterocycles. The fourth-order valence-electron chi connectivity index (χ4n) is 0.672. The summed E-state index contributed by atoms with van der Waals surface area (Å²) < 4.78 is 5.13. The van der Waals surface area contributed by atoms with E-state index in [4.69, 9.17) is 11.2 Å². The molecule has 1 atom stereocenters. The van der Waals surface area contributed by atoms with Crippen LogP contribution >= 0.6 is 12.4 Å². The highest BCUT2D eigenvalue weighted by atomic mass is 35.5. The van der Waals surface area contributed by atoms with E-state index < -0.39 is 0 Å². The molecule has 0 aliphatic carbocycles. The van der Waals surface area contributed by atoms with E-state index in [0.717, 1.165) is 19.7 Å². The molecule has 1 heterocycles. The predicted octanol–water partition coefficient (Wildman–Crippen LogP) is 0.0298. The number of ether oxygens (including phenoxy) is 1. The molecule has 3 heteroatoms. The first kappa shape index (κ1) is 8.77. The molecule has 52 valence electrons. The van der Waals surface area contributed by atoms with E-state index in [9.17, 15) is 0 Å². The molecule has 1 N–H and O–H groups in total. The Kier molecular flexibility index (Phi) is 4.51. The molecule has 0 aromatic carbocycles. The van der Waals surface area contributed by atoms with E-state index in [-0.39, 0.29) is 18.5 Å². The Morgan fingerprint density at radius 1 is 1.67 bits per heavy atom. The first-order chi connectivity index (χ1) is 3.93.